The van der Waals surface area contributed by atoms with Gasteiger partial charge < -0.3 is 30.7 Å². The number of anilines is 2. The smallest absolute Gasteiger partial charge is 0.406 e. The lowest BCUT2D eigenvalue weighted by Gasteiger charge is -2.22. The molecule has 43 heavy (non-hydrogen) atoms. The Morgan fingerprint density at radius 1 is 1.09 bits per heavy atom. The van der Waals surface area contributed by atoms with Crippen LogP contribution in [0.3, 0.4) is 0 Å². The number of aryl methyl sites for hydroxylation is 2. The molecule has 0 unspecified atom stereocenters. The zero-order chi connectivity index (χ0) is 30.9. The van der Waals surface area contributed by atoms with Crippen molar-refractivity contribution in [2.45, 2.75) is 70.7 Å². The first-order valence-electron chi connectivity index (χ1n) is 14.0. The van der Waals surface area contributed by atoms with Crippen LogP contribution in [0.1, 0.15) is 49.7 Å². The largest absolute Gasteiger partial charge is 0.573 e. The summed E-state index contributed by atoms with van der Waals surface area (Å²) in [6, 6.07) is 6.44. The van der Waals surface area contributed by atoms with Gasteiger partial charge in [-0.15, -0.1) is 24.5 Å². The Labute approximate surface area is 250 Å². The number of rotatable bonds is 10. The molecule has 5 rings (SSSR count). The number of alkyl halides is 3. The van der Waals surface area contributed by atoms with Crippen LogP contribution in [0.25, 0.3) is 20.8 Å². The van der Waals surface area contributed by atoms with Gasteiger partial charge in [-0.2, -0.15) is 4.98 Å². The number of aliphatic hydroxyl groups is 3. The van der Waals surface area contributed by atoms with Crippen molar-refractivity contribution in [2.75, 3.05) is 17.2 Å². The van der Waals surface area contributed by atoms with Gasteiger partial charge in [-0.3, -0.25) is 4.98 Å². The Balaban J connectivity index is 1.49. The van der Waals surface area contributed by atoms with Crippen LogP contribution in [0, 0.1) is 12.8 Å². The molecular formula is C29H33F3N6O4S. The van der Waals surface area contributed by atoms with Crippen molar-refractivity contribution in [3.8, 4) is 16.3 Å². The second-order valence-electron chi connectivity index (χ2n) is 10.6. The van der Waals surface area contributed by atoms with Gasteiger partial charge in [0.1, 0.15) is 28.2 Å². The van der Waals surface area contributed by atoms with Gasteiger partial charge in [0.25, 0.3) is 0 Å². The average Bonchev–Trinajstić information content (AvgIpc) is 3.49. The molecular weight excluding hydrogens is 585 g/mol. The van der Waals surface area contributed by atoms with Crippen LogP contribution in [0.4, 0.5) is 24.9 Å². The highest BCUT2D eigenvalue weighted by Crippen LogP contribution is 2.39. The quantitative estimate of drug-likeness (QED) is 0.165. The normalized spacial score (nSPS) is 21.2. The molecule has 0 radical (unpaired) electrons. The summed E-state index contributed by atoms with van der Waals surface area (Å²) >= 11 is 1.47. The molecule has 4 aromatic rings. The predicted molar refractivity (Wildman–Crippen MR) is 157 cm³/mol. The first kappa shape index (κ1) is 30.9. The second-order valence-corrected chi connectivity index (χ2v) is 11.7. The minimum absolute atomic E-state index is 0.244. The van der Waals surface area contributed by atoms with E-state index in [0.717, 1.165) is 28.8 Å². The van der Waals surface area contributed by atoms with Gasteiger partial charge in [0.2, 0.25) is 5.95 Å². The zero-order valence-corrected chi connectivity index (χ0v) is 24.6. The fourth-order valence-corrected chi connectivity index (χ4v) is 6.37. The summed E-state index contributed by atoms with van der Waals surface area (Å²) < 4.78 is 42.6. The lowest BCUT2D eigenvalue weighted by Crippen LogP contribution is -2.35. The van der Waals surface area contributed by atoms with E-state index in [1.54, 1.807) is 6.20 Å². The molecule has 0 spiro atoms. The minimum atomic E-state index is -4.78. The van der Waals surface area contributed by atoms with Gasteiger partial charge in [0.05, 0.1) is 39.8 Å². The van der Waals surface area contributed by atoms with E-state index in [4.69, 9.17) is 9.97 Å². The van der Waals surface area contributed by atoms with Crippen LogP contribution in [0.15, 0.2) is 36.5 Å². The van der Waals surface area contributed by atoms with Crippen LogP contribution in [-0.2, 0) is 6.42 Å². The van der Waals surface area contributed by atoms with Crippen molar-refractivity contribution in [2.24, 2.45) is 5.92 Å². The van der Waals surface area contributed by atoms with E-state index in [9.17, 15) is 28.5 Å². The van der Waals surface area contributed by atoms with Gasteiger partial charge in [0, 0.05) is 18.7 Å². The molecule has 0 amide bonds. The number of benzene rings is 1. The van der Waals surface area contributed by atoms with Crippen molar-refractivity contribution < 1.29 is 33.2 Å². The third kappa shape index (κ3) is 6.82. The number of thiazole rings is 1. The fourth-order valence-electron chi connectivity index (χ4n) is 5.29. The number of nitrogens with one attached hydrogen (secondary N) is 2. The Hall–Kier alpha value is -3.59. The number of aromatic nitrogens is 4. The van der Waals surface area contributed by atoms with Crippen LogP contribution >= 0.6 is 11.3 Å². The molecule has 5 atom stereocenters. The van der Waals surface area contributed by atoms with Crippen LogP contribution in [-0.4, -0.2) is 66.5 Å². The minimum Gasteiger partial charge on any atom is -0.406 e. The SMILES string of the molecule is CCCc1nccc2sc(-c3c(C)nc(N[C@H](C)c4ccc(OC(F)(F)F)cc4)nc3N[C@@H]3C[C@H](CO)[C@@H](O)[C@H]3O)nc12. The lowest BCUT2D eigenvalue weighted by atomic mass is 10.1. The maximum Gasteiger partial charge on any atom is 0.573 e. The molecule has 230 valence electrons. The molecule has 3 aromatic heterocycles. The topological polar surface area (TPSA) is 146 Å². The third-order valence-corrected chi connectivity index (χ3v) is 8.53. The molecule has 1 fully saturated rings. The highest BCUT2D eigenvalue weighted by Gasteiger charge is 2.41. The number of ether oxygens (including phenoxy) is 1. The summed E-state index contributed by atoms with van der Waals surface area (Å²) in [7, 11) is 0. The lowest BCUT2D eigenvalue weighted by molar-refractivity contribution is -0.274. The monoisotopic (exact) mass is 618 g/mol. The molecule has 1 aliphatic rings. The maximum absolute atomic E-state index is 12.6. The Morgan fingerprint density at radius 3 is 2.49 bits per heavy atom. The summed E-state index contributed by atoms with van der Waals surface area (Å²) in [4.78, 5) is 18.8. The Morgan fingerprint density at radius 2 is 1.84 bits per heavy atom. The summed E-state index contributed by atoms with van der Waals surface area (Å²) in [6.07, 6.45) is -3.24. The van der Waals surface area contributed by atoms with E-state index in [0.29, 0.717) is 34.1 Å². The molecule has 1 saturated carbocycles. The van der Waals surface area contributed by atoms with Crippen molar-refractivity contribution in [1.82, 2.24) is 19.9 Å². The molecule has 1 aromatic carbocycles. The molecule has 0 saturated heterocycles. The van der Waals surface area contributed by atoms with Crippen LogP contribution in [0.5, 0.6) is 5.75 Å². The summed E-state index contributed by atoms with van der Waals surface area (Å²) in [5.41, 5.74) is 3.60. The number of fused-ring (bicyclic) bond motifs is 1. The van der Waals surface area contributed by atoms with E-state index in [2.05, 4.69) is 32.3 Å². The van der Waals surface area contributed by atoms with E-state index in [1.165, 1.54) is 35.6 Å². The number of hydrogen-bond acceptors (Lipinski definition) is 11. The van der Waals surface area contributed by atoms with E-state index in [1.807, 2.05) is 19.9 Å². The summed E-state index contributed by atoms with van der Waals surface area (Å²) in [6.45, 7) is 5.44. The van der Waals surface area contributed by atoms with Gasteiger partial charge in [0.15, 0.2) is 0 Å². The van der Waals surface area contributed by atoms with Gasteiger partial charge in [-0.25, -0.2) is 9.97 Å². The number of pyridine rings is 1. The van der Waals surface area contributed by atoms with Crippen LogP contribution < -0.4 is 15.4 Å². The van der Waals surface area contributed by atoms with Crippen molar-refractivity contribution in [3.63, 3.8) is 0 Å². The molecule has 0 aliphatic heterocycles. The summed E-state index contributed by atoms with van der Waals surface area (Å²) in [5.74, 6) is -0.188. The molecule has 14 heteroatoms. The first-order chi connectivity index (χ1) is 20.5. The van der Waals surface area contributed by atoms with Crippen molar-refractivity contribution in [3.05, 3.63) is 53.5 Å². The maximum atomic E-state index is 12.6. The highest BCUT2D eigenvalue weighted by molar-refractivity contribution is 7.21. The van der Waals surface area contributed by atoms with E-state index < -0.39 is 30.5 Å². The first-order valence-corrected chi connectivity index (χ1v) is 14.8. The number of nitrogens with zero attached hydrogens (tertiary/aromatic N) is 4. The van der Waals surface area contributed by atoms with Gasteiger partial charge in [-0.05, 0) is 50.5 Å². The zero-order valence-electron chi connectivity index (χ0n) is 23.8. The number of hydrogen-bond donors (Lipinski definition) is 5. The Bertz CT molecular complexity index is 1570. The van der Waals surface area contributed by atoms with Crippen LogP contribution in [0.2, 0.25) is 0 Å². The van der Waals surface area contributed by atoms with Crippen molar-refractivity contribution >= 4 is 33.3 Å². The molecule has 10 nitrogen and oxygen atoms in total. The predicted octanol–water partition coefficient (Wildman–Crippen LogP) is 5.00. The number of aliphatic hydroxyl groups excluding tert-OH is 3. The molecule has 3 heterocycles. The summed E-state index contributed by atoms with van der Waals surface area (Å²) in [5, 5.41) is 38.0. The highest BCUT2D eigenvalue weighted by atomic mass is 32.1. The Kier molecular flexibility index (Phi) is 9.02. The molecule has 1 aliphatic carbocycles. The van der Waals surface area contributed by atoms with Crippen molar-refractivity contribution in [1.29, 1.82) is 0 Å². The van der Waals surface area contributed by atoms with Gasteiger partial charge >= 0.3 is 6.36 Å². The van der Waals surface area contributed by atoms with Gasteiger partial charge in [-0.1, -0.05) is 25.5 Å². The molecule has 0 bridgehead atoms. The van der Waals surface area contributed by atoms with E-state index in [-0.39, 0.29) is 24.3 Å². The molecule has 5 N–H and O–H groups in total. The number of halogens is 3. The second kappa shape index (κ2) is 12.6. The standard InChI is InChI=1S/C29H33F3N6O4S/c1-4-5-19-23-21(10-11-33-19)43-27(37-23)22-15(3)35-28(38-26(22)36-20-12-17(13-39)24(40)25(20)41)34-14(2)16-6-8-18(9-7-16)42-29(30,31)32/h6-11,14,17,20,24-25,39-41H,4-5,12-13H2,1-3H3,(H2,34,35,36,38)/t14-,17-,20-,24-,25+/m1/s1. The van der Waals surface area contributed by atoms with E-state index >= 15 is 0 Å². The fraction of sp³-hybridized carbons (Fsp3) is 0.448. The average molecular weight is 619 g/mol. The third-order valence-electron chi connectivity index (χ3n) is 7.49.